The van der Waals surface area contributed by atoms with Crippen LogP contribution < -0.4 is 4.18 Å². The molecular formula is C18H22O5S. The molecule has 24 heavy (non-hydrogen) atoms. The number of hydrogen-bond acceptors (Lipinski definition) is 4. The van der Waals surface area contributed by atoms with Gasteiger partial charge in [-0.25, -0.2) is 0 Å². The summed E-state index contributed by atoms with van der Waals surface area (Å²) in [7, 11) is -4.49. The van der Waals surface area contributed by atoms with Gasteiger partial charge in [0.05, 0.1) is 0 Å². The molecule has 0 aromatic heterocycles. The summed E-state index contributed by atoms with van der Waals surface area (Å²) >= 11 is 0. The van der Waals surface area contributed by atoms with Crippen molar-refractivity contribution in [1.82, 2.24) is 0 Å². The molecular weight excluding hydrogens is 328 g/mol. The van der Waals surface area contributed by atoms with Crippen molar-refractivity contribution in [3.63, 3.8) is 0 Å². The van der Waals surface area contributed by atoms with Gasteiger partial charge in [-0.1, -0.05) is 13.0 Å². The Kier molecular flexibility index (Phi) is 3.55. The number of aryl methyl sites for hydroxylation is 1. The van der Waals surface area contributed by atoms with Crippen molar-refractivity contribution in [2.75, 3.05) is 0 Å². The van der Waals surface area contributed by atoms with Crippen LogP contribution in [-0.2, 0) is 21.6 Å². The number of ketones is 1. The molecule has 0 aliphatic heterocycles. The van der Waals surface area contributed by atoms with Crippen molar-refractivity contribution in [1.29, 1.82) is 0 Å². The highest BCUT2D eigenvalue weighted by molar-refractivity contribution is 7.81. The Balaban J connectivity index is 1.65. The Labute approximate surface area is 142 Å². The highest BCUT2D eigenvalue weighted by Crippen LogP contribution is 2.59. The Morgan fingerprint density at radius 3 is 2.75 bits per heavy atom. The first kappa shape index (κ1) is 16.1. The topological polar surface area (TPSA) is 80.7 Å². The van der Waals surface area contributed by atoms with Gasteiger partial charge in [0.25, 0.3) is 0 Å². The maximum atomic E-state index is 12.3. The Bertz CT molecular complexity index is 800. The third kappa shape index (κ3) is 2.47. The lowest BCUT2D eigenvalue weighted by molar-refractivity contribution is -0.129. The van der Waals surface area contributed by atoms with E-state index in [1.165, 1.54) is 5.56 Å². The second-order valence-corrected chi connectivity index (χ2v) is 8.73. The van der Waals surface area contributed by atoms with Gasteiger partial charge in [-0.05, 0) is 73.1 Å². The molecule has 0 bridgehead atoms. The van der Waals surface area contributed by atoms with Crippen LogP contribution in [0.1, 0.15) is 56.1 Å². The van der Waals surface area contributed by atoms with Gasteiger partial charge in [-0.2, -0.15) is 8.42 Å². The molecule has 2 unspecified atom stereocenters. The van der Waals surface area contributed by atoms with Crippen molar-refractivity contribution in [2.45, 2.75) is 51.4 Å². The molecule has 0 radical (unpaired) electrons. The zero-order chi connectivity index (χ0) is 17.1. The Morgan fingerprint density at radius 2 is 2.00 bits per heavy atom. The van der Waals surface area contributed by atoms with Crippen molar-refractivity contribution in [2.24, 2.45) is 17.3 Å². The maximum absolute atomic E-state index is 12.3. The van der Waals surface area contributed by atoms with E-state index in [9.17, 15) is 13.2 Å². The quantitative estimate of drug-likeness (QED) is 0.828. The standard InChI is InChI=1S/C18H22O5S/c1-18-9-8-14-13-5-3-12(23-24(20,21)22)10-11(13)2-4-15(14)16(18)6-7-17(18)19/h3,5,10,14-16H,2,4,6-9H2,1H3,(H,20,21,22)/t14?,15?,16-,18-/m0/s1. The van der Waals surface area contributed by atoms with Crippen molar-refractivity contribution >= 4 is 16.2 Å². The zero-order valence-electron chi connectivity index (χ0n) is 13.7. The number of hydrogen-bond donors (Lipinski definition) is 1. The van der Waals surface area contributed by atoms with Crippen LogP contribution in [0.4, 0.5) is 0 Å². The lowest BCUT2D eigenvalue weighted by Gasteiger charge is -2.48. The molecule has 0 amide bonds. The van der Waals surface area contributed by atoms with Gasteiger partial charge in [0.1, 0.15) is 11.5 Å². The molecule has 3 aliphatic rings. The molecule has 1 aromatic rings. The summed E-state index contributed by atoms with van der Waals surface area (Å²) in [6.07, 6.45) is 5.57. The third-order valence-corrected chi connectivity index (χ3v) is 7.01. The van der Waals surface area contributed by atoms with Crippen LogP contribution in [0.3, 0.4) is 0 Å². The van der Waals surface area contributed by atoms with E-state index in [4.69, 9.17) is 4.55 Å². The molecule has 6 heteroatoms. The van der Waals surface area contributed by atoms with E-state index in [0.29, 0.717) is 23.5 Å². The summed E-state index contributed by atoms with van der Waals surface area (Å²) < 4.78 is 35.2. The van der Waals surface area contributed by atoms with Gasteiger partial charge in [0.15, 0.2) is 0 Å². The van der Waals surface area contributed by atoms with Crippen molar-refractivity contribution in [3.05, 3.63) is 29.3 Å². The van der Waals surface area contributed by atoms with Crippen LogP contribution in [-0.4, -0.2) is 18.8 Å². The predicted molar refractivity (Wildman–Crippen MR) is 88.2 cm³/mol. The smallest absolute Gasteiger partial charge is 0.362 e. The van der Waals surface area contributed by atoms with Gasteiger partial charge in [-0.15, -0.1) is 0 Å². The molecule has 0 heterocycles. The summed E-state index contributed by atoms with van der Waals surface area (Å²) in [4.78, 5) is 12.3. The number of carbonyl (C=O) groups is 1. The van der Waals surface area contributed by atoms with E-state index in [0.717, 1.165) is 44.1 Å². The molecule has 1 N–H and O–H groups in total. The predicted octanol–water partition coefficient (Wildman–Crippen LogP) is 3.29. The first-order valence-electron chi connectivity index (χ1n) is 8.61. The van der Waals surface area contributed by atoms with E-state index in [2.05, 4.69) is 11.1 Å². The minimum Gasteiger partial charge on any atom is -0.362 e. The molecule has 2 saturated carbocycles. The summed E-state index contributed by atoms with van der Waals surface area (Å²) in [6.45, 7) is 2.15. The minimum atomic E-state index is -4.49. The van der Waals surface area contributed by atoms with E-state index in [1.54, 1.807) is 12.1 Å². The fourth-order valence-electron chi connectivity index (χ4n) is 5.50. The highest BCUT2D eigenvalue weighted by Gasteiger charge is 2.54. The minimum absolute atomic E-state index is 0.132. The maximum Gasteiger partial charge on any atom is 0.446 e. The molecule has 2 fully saturated rings. The van der Waals surface area contributed by atoms with Gasteiger partial charge >= 0.3 is 10.4 Å². The average molecular weight is 350 g/mol. The second-order valence-electron chi connectivity index (χ2n) is 7.71. The van der Waals surface area contributed by atoms with Crippen LogP contribution in [0.25, 0.3) is 0 Å². The van der Waals surface area contributed by atoms with Gasteiger partial charge in [0.2, 0.25) is 0 Å². The van der Waals surface area contributed by atoms with Gasteiger partial charge in [0, 0.05) is 11.8 Å². The molecule has 0 spiro atoms. The number of benzene rings is 1. The normalized spacial score (nSPS) is 35.1. The monoisotopic (exact) mass is 350 g/mol. The fraction of sp³-hybridized carbons (Fsp3) is 0.611. The van der Waals surface area contributed by atoms with Crippen LogP contribution in [0.2, 0.25) is 0 Å². The molecule has 4 rings (SSSR count). The van der Waals surface area contributed by atoms with Crippen molar-refractivity contribution < 1.29 is 21.9 Å². The number of carbonyl (C=O) groups excluding carboxylic acids is 1. The Hall–Kier alpha value is -1.40. The fourth-order valence-corrected chi connectivity index (χ4v) is 5.85. The van der Waals surface area contributed by atoms with E-state index < -0.39 is 10.4 Å². The number of Topliss-reactive ketones (excluding diaryl/α,β-unsaturated/α-hetero) is 1. The van der Waals surface area contributed by atoms with E-state index >= 15 is 0 Å². The molecule has 4 atom stereocenters. The third-order valence-electron chi connectivity index (χ3n) is 6.61. The summed E-state index contributed by atoms with van der Waals surface area (Å²) in [5.74, 6) is 2.05. The lowest BCUT2D eigenvalue weighted by Crippen LogP contribution is -2.42. The molecule has 1 aromatic carbocycles. The van der Waals surface area contributed by atoms with Gasteiger partial charge in [-0.3, -0.25) is 9.35 Å². The van der Waals surface area contributed by atoms with Gasteiger partial charge < -0.3 is 4.18 Å². The Morgan fingerprint density at radius 1 is 1.21 bits per heavy atom. The second kappa shape index (κ2) is 5.30. The summed E-state index contributed by atoms with van der Waals surface area (Å²) in [5.41, 5.74) is 2.23. The zero-order valence-corrected chi connectivity index (χ0v) is 14.5. The van der Waals surface area contributed by atoms with Crippen LogP contribution in [0, 0.1) is 17.3 Å². The first-order valence-corrected chi connectivity index (χ1v) is 9.97. The lowest BCUT2D eigenvalue weighted by atomic mass is 9.55. The van der Waals surface area contributed by atoms with Crippen molar-refractivity contribution in [3.8, 4) is 5.75 Å². The van der Waals surface area contributed by atoms with Crippen LogP contribution >= 0.6 is 0 Å². The van der Waals surface area contributed by atoms with Crippen LogP contribution in [0.5, 0.6) is 5.75 Å². The summed E-state index contributed by atoms with van der Waals surface area (Å²) in [6, 6.07) is 5.28. The molecule has 130 valence electrons. The molecule has 3 aliphatic carbocycles. The first-order chi connectivity index (χ1) is 11.3. The summed E-state index contributed by atoms with van der Waals surface area (Å²) in [5, 5.41) is 0. The van der Waals surface area contributed by atoms with E-state index in [1.807, 2.05) is 6.07 Å². The van der Waals surface area contributed by atoms with Crippen LogP contribution in [0.15, 0.2) is 18.2 Å². The highest BCUT2D eigenvalue weighted by atomic mass is 32.3. The average Bonchev–Trinajstić information content (AvgIpc) is 2.81. The molecule has 0 saturated heterocycles. The van der Waals surface area contributed by atoms with E-state index in [-0.39, 0.29) is 11.2 Å². The number of rotatable bonds is 2. The molecule has 5 nitrogen and oxygen atoms in total. The largest absolute Gasteiger partial charge is 0.446 e. The number of fused-ring (bicyclic) bond motifs is 5. The SMILES string of the molecule is C[C@]12CCC3c4ccc(OS(=O)(=O)O)cc4CCC3[C@@H]1CCC2=O.